The van der Waals surface area contributed by atoms with E-state index >= 15 is 0 Å². The normalized spacial score (nSPS) is 11.9. The topological polar surface area (TPSA) is 50.0 Å². The van der Waals surface area contributed by atoms with Gasteiger partial charge in [-0.25, -0.2) is 4.98 Å². The van der Waals surface area contributed by atoms with E-state index in [0.717, 1.165) is 88.4 Å². The average Bonchev–Trinajstić information content (AvgIpc) is 3.97. The number of hydrogen-bond donors (Lipinski definition) is 1. The van der Waals surface area contributed by atoms with E-state index < -0.39 is 0 Å². The molecule has 9 aromatic carbocycles. The van der Waals surface area contributed by atoms with Crippen LogP contribution in [0.3, 0.4) is 0 Å². The van der Waals surface area contributed by atoms with Crippen molar-refractivity contribution in [2.45, 2.75) is 0 Å². The molecule has 12 rings (SSSR count). The number of nitrogens with zero attached hydrogens (tertiary/aromatic N) is 3. The first-order valence-corrected chi connectivity index (χ1v) is 19.0. The maximum atomic E-state index is 6.93. The zero-order chi connectivity index (χ0) is 36.7. The smallest absolute Gasteiger partial charge is 0.227 e. The minimum atomic E-state index is 0.591. The lowest BCUT2D eigenvalue weighted by molar-refractivity contribution is 0.620. The van der Waals surface area contributed by atoms with Crippen molar-refractivity contribution < 1.29 is 4.42 Å². The Balaban J connectivity index is 1.23. The minimum absolute atomic E-state index is 0.591. The number of rotatable bonds is 5. The molecule has 5 heteroatoms. The van der Waals surface area contributed by atoms with Crippen molar-refractivity contribution in [2.75, 3.05) is 4.90 Å². The quantitative estimate of drug-likeness (QED) is 0.193. The van der Waals surface area contributed by atoms with Crippen molar-refractivity contribution in [3.8, 4) is 17.1 Å². The minimum Gasteiger partial charge on any atom is -0.434 e. The summed E-state index contributed by atoms with van der Waals surface area (Å²) in [4.78, 5) is 11.2. The molecule has 0 bridgehead atoms. The van der Waals surface area contributed by atoms with E-state index in [1.165, 1.54) is 16.2 Å². The lowest BCUT2D eigenvalue weighted by Gasteiger charge is -2.28. The predicted octanol–water partition coefficient (Wildman–Crippen LogP) is 14.0. The van der Waals surface area contributed by atoms with Gasteiger partial charge in [-0.1, -0.05) is 121 Å². The first kappa shape index (κ1) is 30.8. The summed E-state index contributed by atoms with van der Waals surface area (Å²) in [7, 11) is 0. The van der Waals surface area contributed by atoms with Gasteiger partial charge in [-0.05, 0) is 82.9 Å². The molecule has 5 nitrogen and oxygen atoms in total. The van der Waals surface area contributed by atoms with Crippen LogP contribution in [-0.4, -0.2) is 14.5 Å². The van der Waals surface area contributed by atoms with E-state index in [4.69, 9.17) is 9.40 Å². The molecule has 0 fully saturated rings. The average molecular weight is 717 g/mol. The van der Waals surface area contributed by atoms with Gasteiger partial charge in [0.2, 0.25) is 5.89 Å². The summed E-state index contributed by atoms with van der Waals surface area (Å²) in [5, 5.41) is 9.29. The number of benzene rings is 9. The second kappa shape index (κ2) is 11.9. The fourth-order valence-electron chi connectivity index (χ4n) is 8.85. The molecule has 0 unspecified atom stereocenters. The maximum Gasteiger partial charge on any atom is 0.227 e. The van der Waals surface area contributed by atoms with Crippen molar-refractivity contribution in [3.63, 3.8) is 0 Å². The highest BCUT2D eigenvalue weighted by Crippen LogP contribution is 2.50. The molecular formula is C51H32N4O. The molecule has 3 heterocycles. The third kappa shape index (κ3) is 4.52. The number of anilines is 3. The van der Waals surface area contributed by atoms with Gasteiger partial charge in [0.1, 0.15) is 5.52 Å². The summed E-state index contributed by atoms with van der Waals surface area (Å²) in [6.07, 6.45) is 0. The van der Waals surface area contributed by atoms with E-state index in [1.807, 2.05) is 0 Å². The van der Waals surface area contributed by atoms with Crippen LogP contribution in [0.1, 0.15) is 0 Å². The summed E-state index contributed by atoms with van der Waals surface area (Å²) in [6, 6.07) is 66.8. The summed E-state index contributed by atoms with van der Waals surface area (Å²) >= 11 is 0. The maximum absolute atomic E-state index is 6.93. The molecule has 1 N–H and O–H groups in total. The highest BCUT2D eigenvalue weighted by molar-refractivity contribution is 6.26. The van der Waals surface area contributed by atoms with Crippen molar-refractivity contribution in [1.29, 1.82) is 0 Å². The number of para-hydroxylation sites is 4. The highest BCUT2D eigenvalue weighted by atomic mass is 16.3. The highest BCUT2D eigenvalue weighted by Gasteiger charge is 2.27. The van der Waals surface area contributed by atoms with Crippen LogP contribution < -0.4 is 4.90 Å². The molecule has 0 radical (unpaired) electrons. The third-order valence-corrected chi connectivity index (χ3v) is 11.3. The fourth-order valence-corrected chi connectivity index (χ4v) is 8.85. The van der Waals surface area contributed by atoms with Gasteiger partial charge in [-0.15, -0.1) is 0 Å². The predicted molar refractivity (Wildman–Crippen MR) is 233 cm³/mol. The summed E-state index contributed by atoms with van der Waals surface area (Å²) in [6.45, 7) is 0. The standard InChI is InChI=1S/C51H32N4O/c1-2-17-36(18-3-1)54-43-25-11-9-21-39(43)48-46(31-34-16-6-7-19-37(34)49(48)54)55(44-26-12-23-41-47(44)38-20-8-10-22-40(38)52-41)45-27-13-24-42-50(45)56-51(53-42)35-29-28-32-14-4-5-15-33(32)30-35/h1-31,52H. The molecule has 0 aliphatic carbocycles. The van der Waals surface area contributed by atoms with Gasteiger partial charge in [0.15, 0.2) is 5.58 Å². The largest absolute Gasteiger partial charge is 0.434 e. The molecule has 12 aromatic rings. The Bertz CT molecular complexity index is 3500. The number of nitrogens with one attached hydrogen (secondary N) is 1. The molecule has 0 aliphatic heterocycles. The molecule has 56 heavy (non-hydrogen) atoms. The van der Waals surface area contributed by atoms with Gasteiger partial charge in [0, 0.05) is 49.2 Å². The number of hydrogen-bond acceptors (Lipinski definition) is 3. The van der Waals surface area contributed by atoms with Gasteiger partial charge < -0.3 is 18.9 Å². The second-order valence-corrected chi connectivity index (χ2v) is 14.4. The van der Waals surface area contributed by atoms with E-state index in [9.17, 15) is 0 Å². The van der Waals surface area contributed by atoms with Gasteiger partial charge >= 0.3 is 0 Å². The fraction of sp³-hybridized carbons (Fsp3) is 0. The van der Waals surface area contributed by atoms with Crippen LogP contribution in [0.5, 0.6) is 0 Å². The number of oxazole rings is 1. The SMILES string of the molecule is c1ccc(-n2c3ccccc3c3c(N(c4cccc5nc(-c6ccc7ccccc7c6)oc45)c4cccc5[nH]c6ccccc6c45)cc4ccccc4c32)cc1. The first-order chi connectivity index (χ1) is 27.8. The number of H-pyrrole nitrogens is 1. The number of aromatic nitrogens is 3. The second-order valence-electron chi connectivity index (χ2n) is 14.4. The number of fused-ring (bicyclic) bond motifs is 10. The Labute approximate surface area is 321 Å². The van der Waals surface area contributed by atoms with Crippen molar-refractivity contribution in [3.05, 3.63) is 188 Å². The molecule has 262 valence electrons. The molecule has 0 spiro atoms. The van der Waals surface area contributed by atoms with E-state index in [1.54, 1.807) is 0 Å². The van der Waals surface area contributed by atoms with Crippen LogP contribution in [-0.2, 0) is 0 Å². The van der Waals surface area contributed by atoms with Crippen molar-refractivity contribution >= 4 is 93.3 Å². The van der Waals surface area contributed by atoms with Gasteiger partial charge in [0.05, 0.1) is 28.1 Å². The zero-order valence-electron chi connectivity index (χ0n) is 30.1. The van der Waals surface area contributed by atoms with Crippen LogP contribution >= 0.6 is 0 Å². The molecule has 0 amide bonds. The van der Waals surface area contributed by atoms with E-state index in [-0.39, 0.29) is 0 Å². The zero-order valence-corrected chi connectivity index (χ0v) is 30.1. The van der Waals surface area contributed by atoms with Crippen LogP contribution in [0.15, 0.2) is 192 Å². The Morgan fingerprint density at radius 2 is 1.18 bits per heavy atom. The van der Waals surface area contributed by atoms with Crippen molar-refractivity contribution in [2.24, 2.45) is 0 Å². The number of aromatic amines is 1. The monoisotopic (exact) mass is 716 g/mol. The third-order valence-electron chi connectivity index (χ3n) is 11.3. The van der Waals surface area contributed by atoms with Gasteiger partial charge in [-0.2, -0.15) is 0 Å². The summed E-state index contributed by atoms with van der Waals surface area (Å²) < 4.78 is 9.36. The Morgan fingerprint density at radius 3 is 2.07 bits per heavy atom. The van der Waals surface area contributed by atoms with Gasteiger partial charge in [0.25, 0.3) is 0 Å². The lowest BCUT2D eigenvalue weighted by Crippen LogP contribution is -2.11. The summed E-state index contributed by atoms with van der Waals surface area (Å²) in [5.41, 5.74) is 11.0. The van der Waals surface area contributed by atoms with Crippen LogP contribution in [0.4, 0.5) is 17.1 Å². The molecule has 3 aromatic heterocycles. The molecular weight excluding hydrogens is 685 g/mol. The van der Waals surface area contributed by atoms with E-state index in [2.05, 4.69) is 203 Å². The summed E-state index contributed by atoms with van der Waals surface area (Å²) in [5.74, 6) is 0.591. The first-order valence-electron chi connectivity index (χ1n) is 19.0. The van der Waals surface area contributed by atoms with E-state index in [0.29, 0.717) is 5.89 Å². The Hall–Kier alpha value is -7.63. The van der Waals surface area contributed by atoms with Gasteiger partial charge in [-0.3, -0.25) is 0 Å². The molecule has 0 saturated carbocycles. The Morgan fingerprint density at radius 1 is 0.482 bits per heavy atom. The van der Waals surface area contributed by atoms with Crippen molar-refractivity contribution in [1.82, 2.24) is 14.5 Å². The molecule has 0 aliphatic rings. The van der Waals surface area contributed by atoms with Crippen LogP contribution in [0, 0.1) is 0 Å². The molecule has 0 saturated heterocycles. The van der Waals surface area contributed by atoms with Crippen LogP contribution in [0.2, 0.25) is 0 Å². The van der Waals surface area contributed by atoms with Crippen LogP contribution in [0.25, 0.3) is 93.4 Å². The molecule has 0 atom stereocenters. The Kier molecular flexibility index (Phi) is 6.56. The lowest BCUT2D eigenvalue weighted by atomic mass is 10.0.